The molecule has 1 aliphatic rings. The molecule has 0 aliphatic heterocycles. The molecule has 104 valence electrons. The molecule has 2 rings (SSSR count). The molecule has 0 saturated heterocycles. The van der Waals surface area contributed by atoms with Crippen LogP contribution in [0.1, 0.15) is 36.0 Å². The summed E-state index contributed by atoms with van der Waals surface area (Å²) >= 11 is 3.20. The van der Waals surface area contributed by atoms with Gasteiger partial charge in [-0.3, -0.25) is 4.79 Å². The SMILES string of the molecule is O=C(c1ccc(Br)c(O)c1)N(CCCO)C1CCC1. The van der Waals surface area contributed by atoms with Crippen molar-refractivity contribution in [3.05, 3.63) is 28.2 Å². The maximum absolute atomic E-state index is 12.5. The fourth-order valence-corrected chi connectivity index (χ4v) is 2.45. The fourth-order valence-electron chi connectivity index (χ4n) is 2.20. The number of benzene rings is 1. The van der Waals surface area contributed by atoms with E-state index in [0.717, 1.165) is 19.3 Å². The largest absolute Gasteiger partial charge is 0.507 e. The summed E-state index contributed by atoms with van der Waals surface area (Å²) in [5.41, 5.74) is 0.491. The van der Waals surface area contributed by atoms with Crippen LogP contribution in [0.3, 0.4) is 0 Å². The average molecular weight is 328 g/mol. The van der Waals surface area contributed by atoms with Gasteiger partial charge in [0.1, 0.15) is 5.75 Å². The van der Waals surface area contributed by atoms with Crippen molar-refractivity contribution in [3.8, 4) is 5.75 Å². The smallest absolute Gasteiger partial charge is 0.254 e. The van der Waals surface area contributed by atoms with E-state index in [4.69, 9.17) is 5.11 Å². The first-order valence-electron chi connectivity index (χ1n) is 6.54. The van der Waals surface area contributed by atoms with Gasteiger partial charge in [-0.2, -0.15) is 0 Å². The molecule has 5 heteroatoms. The summed E-state index contributed by atoms with van der Waals surface area (Å²) in [6.07, 6.45) is 3.79. The lowest BCUT2D eigenvalue weighted by Crippen LogP contribution is -2.44. The number of phenols is 1. The van der Waals surface area contributed by atoms with Crippen LogP contribution >= 0.6 is 15.9 Å². The third-order valence-electron chi connectivity index (χ3n) is 3.53. The predicted octanol–water partition coefficient (Wildman–Crippen LogP) is 2.53. The van der Waals surface area contributed by atoms with Crippen molar-refractivity contribution >= 4 is 21.8 Å². The molecule has 1 fully saturated rings. The minimum absolute atomic E-state index is 0.0686. The number of nitrogens with zero attached hydrogens (tertiary/aromatic N) is 1. The molecule has 0 radical (unpaired) electrons. The molecular formula is C14H18BrNO3. The lowest BCUT2D eigenvalue weighted by atomic mass is 9.90. The van der Waals surface area contributed by atoms with Gasteiger partial charge in [0, 0.05) is 24.8 Å². The maximum atomic E-state index is 12.5. The van der Waals surface area contributed by atoms with Gasteiger partial charge in [-0.1, -0.05) is 0 Å². The number of aliphatic hydroxyl groups is 1. The van der Waals surface area contributed by atoms with Crippen molar-refractivity contribution in [3.63, 3.8) is 0 Å². The number of carbonyl (C=O) groups excluding carboxylic acids is 1. The van der Waals surface area contributed by atoms with Crippen LogP contribution in [0.2, 0.25) is 0 Å². The van der Waals surface area contributed by atoms with Gasteiger partial charge in [-0.15, -0.1) is 0 Å². The molecule has 0 spiro atoms. The number of aliphatic hydroxyl groups excluding tert-OH is 1. The first-order chi connectivity index (χ1) is 9.13. The highest BCUT2D eigenvalue weighted by molar-refractivity contribution is 9.10. The lowest BCUT2D eigenvalue weighted by molar-refractivity contribution is 0.0562. The minimum atomic E-state index is -0.0686. The van der Waals surface area contributed by atoms with Crippen LogP contribution < -0.4 is 0 Å². The Balaban J connectivity index is 2.15. The van der Waals surface area contributed by atoms with Gasteiger partial charge < -0.3 is 15.1 Å². The van der Waals surface area contributed by atoms with E-state index in [2.05, 4.69) is 15.9 Å². The lowest BCUT2D eigenvalue weighted by Gasteiger charge is -2.37. The summed E-state index contributed by atoms with van der Waals surface area (Å²) in [5.74, 6) is 0.00233. The van der Waals surface area contributed by atoms with E-state index in [9.17, 15) is 9.90 Å². The van der Waals surface area contributed by atoms with E-state index in [0.29, 0.717) is 23.0 Å². The van der Waals surface area contributed by atoms with E-state index in [1.807, 2.05) is 4.90 Å². The highest BCUT2D eigenvalue weighted by atomic mass is 79.9. The number of carbonyl (C=O) groups is 1. The molecule has 0 atom stereocenters. The number of hydrogen-bond acceptors (Lipinski definition) is 3. The van der Waals surface area contributed by atoms with Crippen molar-refractivity contribution in [2.45, 2.75) is 31.7 Å². The average Bonchev–Trinajstić information content (AvgIpc) is 2.34. The second-order valence-electron chi connectivity index (χ2n) is 4.83. The van der Waals surface area contributed by atoms with E-state index < -0.39 is 0 Å². The van der Waals surface area contributed by atoms with Crippen LogP contribution in [0.4, 0.5) is 0 Å². The van der Waals surface area contributed by atoms with E-state index in [1.54, 1.807) is 12.1 Å². The fraction of sp³-hybridized carbons (Fsp3) is 0.500. The summed E-state index contributed by atoms with van der Waals surface area (Å²) < 4.78 is 0.578. The normalized spacial score (nSPS) is 15.1. The van der Waals surface area contributed by atoms with Crippen LogP contribution in [0.25, 0.3) is 0 Å². The van der Waals surface area contributed by atoms with Gasteiger partial charge in [0.05, 0.1) is 4.47 Å². The number of aromatic hydroxyl groups is 1. The molecule has 0 unspecified atom stereocenters. The molecule has 1 aliphatic carbocycles. The number of hydrogen-bond donors (Lipinski definition) is 2. The third-order valence-corrected chi connectivity index (χ3v) is 4.20. The third kappa shape index (κ3) is 3.28. The molecule has 0 bridgehead atoms. The van der Waals surface area contributed by atoms with Gasteiger partial charge in [0.2, 0.25) is 0 Å². The number of rotatable bonds is 5. The van der Waals surface area contributed by atoms with Crippen LogP contribution in [0.5, 0.6) is 5.75 Å². The predicted molar refractivity (Wildman–Crippen MR) is 76.2 cm³/mol. The zero-order chi connectivity index (χ0) is 13.8. The summed E-state index contributed by atoms with van der Waals surface area (Å²) in [6, 6.07) is 5.14. The van der Waals surface area contributed by atoms with Crippen LogP contribution in [-0.4, -0.2) is 40.2 Å². The topological polar surface area (TPSA) is 60.8 Å². The number of phenolic OH excluding ortho intramolecular Hbond substituents is 1. The van der Waals surface area contributed by atoms with Crippen molar-refractivity contribution < 1.29 is 15.0 Å². The molecule has 1 saturated carbocycles. The standard InChI is InChI=1S/C14H18BrNO3/c15-12-6-5-10(9-13(12)18)14(19)16(7-2-8-17)11-3-1-4-11/h5-6,9,11,17-18H,1-4,7-8H2. The van der Waals surface area contributed by atoms with E-state index in [1.165, 1.54) is 6.07 Å². The molecular weight excluding hydrogens is 310 g/mol. The Labute approximate surface area is 121 Å². The van der Waals surface area contributed by atoms with E-state index >= 15 is 0 Å². The van der Waals surface area contributed by atoms with Crippen molar-refractivity contribution in [1.82, 2.24) is 4.90 Å². The molecule has 4 nitrogen and oxygen atoms in total. The second-order valence-corrected chi connectivity index (χ2v) is 5.68. The number of halogens is 1. The Morgan fingerprint density at radius 1 is 1.42 bits per heavy atom. The van der Waals surface area contributed by atoms with Crippen LogP contribution in [0.15, 0.2) is 22.7 Å². The second kappa shape index (κ2) is 6.39. The Hall–Kier alpha value is -1.07. The van der Waals surface area contributed by atoms with Crippen LogP contribution in [-0.2, 0) is 0 Å². The Morgan fingerprint density at radius 2 is 2.16 bits per heavy atom. The molecule has 1 aromatic rings. The summed E-state index contributed by atoms with van der Waals surface area (Å²) in [4.78, 5) is 14.3. The monoisotopic (exact) mass is 327 g/mol. The zero-order valence-electron chi connectivity index (χ0n) is 10.7. The highest BCUT2D eigenvalue weighted by Gasteiger charge is 2.29. The van der Waals surface area contributed by atoms with Crippen LogP contribution in [0, 0.1) is 0 Å². The van der Waals surface area contributed by atoms with Gasteiger partial charge in [-0.25, -0.2) is 0 Å². The number of amides is 1. The quantitative estimate of drug-likeness (QED) is 0.873. The maximum Gasteiger partial charge on any atom is 0.254 e. The molecule has 0 aromatic heterocycles. The Morgan fingerprint density at radius 3 is 2.68 bits per heavy atom. The van der Waals surface area contributed by atoms with Crippen molar-refractivity contribution in [1.29, 1.82) is 0 Å². The Bertz CT molecular complexity index is 460. The van der Waals surface area contributed by atoms with Gasteiger partial charge in [0.15, 0.2) is 0 Å². The summed E-state index contributed by atoms with van der Waals surface area (Å²) in [7, 11) is 0. The van der Waals surface area contributed by atoms with Gasteiger partial charge in [0.25, 0.3) is 5.91 Å². The molecule has 0 heterocycles. The van der Waals surface area contributed by atoms with Gasteiger partial charge >= 0.3 is 0 Å². The minimum Gasteiger partial charge on any atom is -0.507 e. The molecule has 2 N–H and O–H groups in total. The van der Waals surface area contributed by atoms with Crippen molar-refractivity contribution in [2.24, 2.45) is 0 Å². The van der Waals surface area contributed by atoms with Gasteiger partial charge in [-0.05, 0) is 59.8 Å². The molecule has 1 amide bonds. The van der Waals surface area contributed by atoms with Crippen molar-refractivity contribution in [2.75, 3.05) is 13.2 Å². The summed E-state index contributed by atoms with van der Waals surface area (Å²) in [5, 5.41) is 18.6. The Kier molecular flexibility index (Phi) is 4.82. The summed E-state index contributed by atoms with van der Waals surface area (Å²) in [6.45, 7) is 0.652. The zero-order valence-corrected chi connectivity index (χ0v) is 12.3. The molecule has 19 heavy (non-hydrogen) atoms. The highest BCUT2D eigenvalue weighted by Crippen LogP contribution is 2.29. The van der Waals surface area contributed by atoms with E-state index in [-0.39, 0.29) is 24.3 Å². The molecule has 1 aromatic carbocycles. The first kappa shape index (κ1) is 14.3. The first-order valence-corrected chi connectivity index (χ1v) is 7.33.